The summed E-state index contributed by atoms with van der Waals surface area (Å²) in [7, 11) is -9.92. The van der Waals surface area contributed by atoms with E-state index in [1.807, 2.05) is 0 Å². The second kappa shape index (κ2) is 71.7. The van der Waals surface area contributed by atoms with Crippen LogP contribution in [0.2, 0.25) is 0 Å². The lowest BCUT2D eigenvalue weighted by Crippen LogP contribution is -2.30. The van der Waals surface area contributed by atoms with Crippen LogP contribution in [0.4, 0.5) is 0 Å². The van der Waals surface area contributed by atoms with Gasteiger partial charge in [-0.05, 0) is 37.5 Å². The van der Waals surface area contributed by atoms with Gasteiger partial charge in [0.25, 0.3) is 0 Å². The standard InChI is InChI=1S/C80H156O17P2/c1-7-9-11-13-15-17-19-21-23-24-25-27-33-37-41-45-53-59-64-79(84)96-75(68-90-77(82)62-56-50-43-39-35-31-29-28-30-34-38-42-48-54-60-72(3)4)70-94-98(86,87)92-66-74(81)67-93-99(88,89)95-71-76(69-91-78(83)63-57-51-47-46-49-55-61-73(5)6)97-80(85)65-58-52-44-40-36-32-26-22-20-18-16-14-12-10-8-2/h72-76,81H,7-71H2,1-6H3,(H,86,87)(H,88,89)/t74-,75-,76-/m1/s1. The van der Waals surface area contributed by atoms with Crippen LogP contribution in [-0.4, -0.2) is 96.7 Å². The van der Waals surface area contributed by atoms with Gasteiger partial charge in [-0.2, -0.15) is 0 Å². The summed E-state index contributed by atoms with van der Waals surface area (Å²) >= 11 is 0. The molecular formula is C80H156O17P2. The van der Waals surface area contributed by atoms with E-state index in [2.05, 4.69) is 41.5 Å². The molecule has 0 fully saturated rings. The summed E-state index contributed by atoms with van der Waals surface area (Å²) in [6.07, 6.45) is 61.2. The predicted octanol–water partition coefficient (Wildman–Crippen LogP) is 23.9. The van der Waals surface area contributed by atoms with E-state index in [0.717, 1.165) is 102 Å². The first-order valence-corrected chi connectivity index (χ1v) is 44.5. The summed E-state index contributed by atoms with van der Waals surface area (Å²) in [5, 5.41) is 10.6. The number of aliphatic hydroxyl groups excluding tert-OH is 1. The van der Waals surface area contributed by atoms with Gasteiger partial charge in [-0.1, -0.05) is 369 Å². The quantitative estimate of drug-likeness (QED) is 0.0222. The summed E-state index contributed by atoms with van der Waals surface area (Å²) in [6.45, 7) is 9.58. The molecule has 3 N–H and O–H groups in total. The Morgan fingerprint density at radius 1 is 0.273 bits per heavy atom. The molecule has 0 aromatic rings. The van der Waals surface area contributed by atoms with Crippen molar-refractivity contribution in [2.45, 2.75) is 439 Å². The zero-order chi connectivity index (χ0) is 72.8. The monoisotopic (exact) mass is 1450 g/mol. The fraction of sp³-hybridized carbons (Fsp3) is 0.950. The molecule has 0 bridgehead atoms. The van der Waals surface area contributed by atoms with Gasteiger partial charge in [0.2, 0.25) is 0 Å². The summed E-state index contributed by atoms with van der Waals surface area (Å²) in [6, 6.07) is 0. The number of hydrogen-bond donors (Lipinski definition) is 3. The molecule has 99 heavy (non-hydrogen) atoms. The number of carbonyl (C=O) groups excluding carboxylic acids is 4. The van der Waals surface area contributed by atoms with Crippen molar-refractivity contribution in [1.82, 2.24) is 0 Å². The van der Waals surface area contributed by atoms with Gasteiger partial charge < -0.3 is 33.8 Å². The largest absolute Gasteiger partial charge is 0.472 e. The third-order valence-electron chi connectivity index (χ3n) is 18.7. The molecule has 0 aliphatic heterocycles. The molecule has 0 spiro atoms. The highest BCUT2D eigenvalue weighted by molar-refractivity contribution is 7.47. The molecule has 0 aliphatic carbocycles. The molecule has 0 aromatic heterocycles. The Kier molecular flexibility index (Phi) is 70.3. The SMILES string of the molecule is CCCCCCCCCCCCCCCCCCCCC(=O)O[C@H](COC(=O)CCCCCCCCCCCCCCCCC(C)C)COP(=O)(O)OC[C@@H](O)COP(=O)(O)OC[C@@H](COC(=O)CCCCCCCCC(C)C)OC(=O)CCCCCCCCCCCCCCCCC. The molecule has 2 unspecified atom stereocenters. The van der Waals surface area contributed by atoms with Crippen molar-refractivity contribution in [1.29, 1.82) is 0 Å². The molecule has 0 saturated carbocycles. The highest BCUT2D eigenvalue weighted by Crippen LogP contribution is 2.45. The van der Waals surface area contributed by atoms with Crippen LogP contribution in [0.5, 0.6) is 0 Å². The Morgan fingerprint density at radius 3 is 0.687 bits per heavy atom. The Hall–Kier alpha value is -1.94. The van der Waals surface area contributed by atoms with Crippen LogP contribution in [-0.2, 0) is 65.4 Å². The average molecular weight is 1450 g/mol. The molecule has 19 heteroatoms. The molecular weight excluding hydrogens is 1290 g/mol. The zero-order valence-corrected chi connectivity index (χ0v) is 66.6. The lowest BCUT2D eigenvalue weighted by atomic mass is 10.0. The first kappa shape index (κ1) is 97.1. The molecule has 0 amide bonds. The van der Waals surface area contributed by atoms with Crippen LogP contribution in [0.15, 0.2) is 0 Å². The van der Waals surface area contributed by atoms with Crippen molar-refractivity contribution in [2.24, 2.45) is 11.8 Å². The number of aliphatic hydroxyl groups is 1. The van der Waals surface area contributed by atoms with E-state index in [4.69, 9.17) is 37.0 Å². The third-order valence-corrected chi connectivity index (χ3v) is 20.6. The lowest BCUT2D eigenvalue weighted by Gasteiger charge is -2.21. The van der Waals surface area contributed by atoms with Gasteiger partial charge in [0, 0.05) is 25.7 Å². The van der Waals surface area contributed by atoms with E-state index in [1.165, 1.54) is 231 Å². The molecule has 17 nitrogen and oxygen atoms in total. The Labute approximate surface area is 607 Å². The van der Waals surface area contributed by atoms with Crippen LogP contribution < -0.4 is 0 Å². The van der Waals surface area contributed by atoms with E-state index in [9.17, 15) is 43.2 Å². The number of rotatable bonds is 79. The molecule has 588 valence electrons. The van der Waals surface area contributed by atoms with Gasteiger partial charge in [0.05, 0.1) is 26.4 Å². The normalized spacial score (nSPS) is 13.9. The molecule has 0 heterocycles. The van der Waals surface area contributed by atoms with E-state index in [-0.39, 0.29) is 25.7 Å². The number of hydrogen-bond acceptors (Lipinski definition) is 15. The maximum absolute atomic E-state index is 13.1. The first-order valence-electron chi connectivity index (χ1n) is 41.5. The van der Waals surface area contributed by atoms with Gasteiger partial charge >= 0.3 is 39.5 Å². The van der Waals surface area contributed by atoms with Gasteiger partial charge in [0.1, 0.15) is 19.3 Å². The fourth-order valence-electron chi connectivity index (χ4n) is 12.4. The Balaban J connectivity index is 5.23. The van der Waals surface area contributed by atoms with Gasteiger partial charge in [0.15, 0.2) is 12.2 Å². The number of esters is 4. The Morgan fingerprint density at radius 2 is 0.465 bits per heavy atom. The van der Waals surface area contributed by atoms with Crippen LogP contribution in [0.25, 0.3) is 0 Å². The first-order chi connectivity index (χ1) is 47.9. The fourth-order valence-corrected chi connectivity index (χ4v) is 13.9. The summed E-state index contributed by atoms with van der Waals surface area (Å²) in [5.41, 5.74) is 0. The number of unbranched alkanes of at least 4 members (excludes halogenated alkanes) is 49. The van der Waals surface area contributed by atoms with Crippen molar-refractivity contribution in [3.05, 3.63) is 0 Å². The summed E-state index contributed by atoms with van der Waals surface area (Å²) in [4.78, 5) is 73.0. The zero-order valence-electron chi connectivity index (χ0n) is 64.8. The summed E-state index contributed by atoms with van der Waals surface area (Å²) in [5.74, 6) is -0.632. The van der Waals surface area contributed by atoms with Crippen molar-refractivity contribution >= 4 is 39.5 Å². The highest BCUT2D eigenvalue weighted by atomic mass is 31.2. The van der Waals surface area contributed by atoms with E-state index in [0.29, 0.717) is 31.6 Å². The van der Waals surface area contributed by atoms with Crippen molar-refractivity contribution in [3.8, 4) is 0 Å². The van der Waals surface area contributed by atoms with Crippen LogP contribution in [0, 0.1) is 11.8 Å². The summed E-state index contributed by atoms with van der Waals surface area (Å²) < 4.78 is 68.7. The van der Waals surface area contributed by atoms with Crippen LogP contribution in [0.1, 0.15) is 420 Å². The minimum Gasteiger partial charge on any atom is -0.462 e. The lowest BCUT2D eigenvalue weighted by molar-refractivity contribution is -0.161. The molecule has 0 rings (SSSR count). The smallest absolute Gasteiger partial charge is 0.462 e. The highest BCUT2D eigenvalue weighted by Gasteiger charge is 2.30. The molecule has 0 saturated heterocycles. The van der Waals surface area contributed by atoms with Gasteiger partial charge in [-0.15, -0.1) is 0 Å². The molecule has 0 radical (unpaired) electrons. The predicted molar refractivity (Wildman–Crippen MR) is 405 cm³/mol. The minimum absolute atomic E-state index is 0.107. The number of carbonyl (C=O) groups is 4. The Bertz CT molecular complexity index is 1910. The third kappa shape index (κ3) is 74.1. The van der Waals surface area contributed by atoms with Crippen molar-refractivity contribution in [3.63, 3.8) is 0 Å². The van der Waals surface area contributed by atoms with Crippen LogP contribution in [0.3, 0.4) is 0 Å². The average Bonchev–Trinajstić information content (AvgIpc) is 1.18. The van der Waals surface area contributed by atoms with Crippen LogP contribution >= 0.6 is 15.6 Å². The molecule has 5 atom stereocenters. The van der Waals surface area contributed by atoms with E-state index < -0.39 is 97.5 Å². The topological polar surface area (TPSA) is 237 Å². The maximum Gasteiger partial charge on any atom is 0.472 e. The minimum atomic E-state index is -4.96. The van der Waals surface area contributed by atoms with E-state index >= 15 is 0 Å². The second-order valence-corrected chi connectivity index (χ2v) is 32.7. The molecule has 0 aromatic carbocycles. The maximum atomic E-state index is 13.1. The van der Waals surface area contributed by atoms with Crippen molar-refractivity contribution in [2.75, 3.05) is 39.6 Å². The number of phosphoric acid groups is 2. The molecule has 0 aliphatic rings. The van der Waals surface area contributed by atoms with E-state index in [1.54, 1.807) is 0 Å². The second-order valence-electron chi connectivity index (χ2n) is 29.8. The van der Waals surface area contributed by atoms with Gasteiger partial charge in [-0.25, -0.2) is 9.13 Å². The number of phosphoric ester groups is 2. The van der Waals surface area contributed by atoms with Crippen molar-refractivity contribution < 1.29 is 80.2 Å². The van der Waals surface area contributed by atoms with Gasteiger partial charge in [-0.3, -0.25) is 37.3 Å². The number of ether oxygens (including phenoxy) is 4.